The first-order chi connectivity index (χ1) is 15.8. The molecule has 0 bridgehead atoms. The summed E-state index contributed by atoms with van der Waals surface area (Å²) in [6.07, 6.45) is 2.90. The number of aromatic nitrogens is 2. The maximum atomic E-state index is 13.4. The van der Waals surface area contributed by atoms with E-state index >= 15 is 0 Å². The molecule has 33 heavy (non-hydrogen) atoms. The average molecular weight is 468 g/mol. The second kappa shape index (κ2) is 11.6. The lowest BCUT2D eigenvalue weighted by molar-refractivity contribution is 0.0715. The van der Waals surface area contributed by atoms with E-state index in [0.717, 1.165) is 48.7 Å². The Labute approximate surface area is 201 Å². The van der Waals surface area contributed by atoms with Crippen LogP contribution in [0.4, 0.5) is 11.6 Å². The number of rotatable bonds is 11. The van der Waals surface area contributed by atoms with Crippen molar-refractivity contribution in [2.75, 3.05) is 31.2 Å². The van der Waals surface area contributed by atoms with E-state index in [4.69, 9.17) is 10.7 Å². The van der Waals surface area contributed by atoms with E-state index in [-0.39, 0.29) is 5.91 Å². The molecule has 3 N–H and O–H groups in total. The van der Waals surface area contributed by atoms with E-state index in [1.165, 1.54) is 4.90 Å². The van der Waals surface area contributed by atoms with Crippen LogP contribution >= 0.6 is 11.8 Å². The molecule has 0 radical (unpaired) electrons. The molecule has 0 saturated heterocycles. The molecule has 2 aromatic carbocycles. The van der Waals surface area contributed by atoms with Gasteiger partial charge in [-0.15, -0.1) is 11.8 Å². The van der Waals surface area contributed by atoms with Crippen LogP contribution in [0, 0.1) is 11.8 Å². The van der Waals surface area contributed by atoms with Crippen LogP contribution in [0.3, 0.4) is 0 Å². The Morgan fingerprint density at radius 2 is 1.76 bits per heavy atom. The number of fused-ring (bicyclic) bond motifs is 1. The Bertz CT molecular complexity index is 1050. The van der Waals surface area contributed by atoms with Crippen molar-refractivity contribution in [3.63, 3.8) is 0 Å². The minimum atomic E-state index is 0.0769. The first kappa shape index (κ1) is 25.1. The van der Waals surface area contributed by atoms with Crippen molar-refractivity contribution in [2.45, 2.75) is 45.6 Å². The van der Waals surface area contributed by atoms with Crippen LogP contribution in [0.2, 0.25) is 0 Å². The average Bonchev–Trinajstić information content (AvgIpc) is 3.12. The van der Waals surface area contributed by atoms with E-state index in [2.05, 4.69) is 68.1 Å². The summed E-state index contributed by atoms with van der Waals surface area (Å²) in [4.78, 5) is 21.4. The molecule has 3 rings (SSSR count). The highest BCUT2D eigenvalue weighted by Crippen LogP contribution is 2.26. The van der Waals surface area contributed by atoms with Gasteiger partial charge in [0.05, 0.1) is 11.0 Å². The van der Waals surface area contributed by atoms with Gasteiger partial charge in [-0.3, -0.25) is 4.79 Å². The third-order valence-electron chi connectivity index (χ3n) is 5.39. The molecule has 7 heteroatoms. The van der Waals surface area contributed by atoms with Crippen LogP contribution in [0.5, 0.6) is 0 Å². The largest absolute Gasteiger partial charge is 0.338 e. The van der Waals surface area contributed by atoms with Crippen molar-refractivity contribution in [2.24, 2.45) is 17.6 Å². The molecule has 0 aliphatic heterocycles. The minimum absolute atomic E-state index is 0.0769. The number of carbonyl (C=O) groups is 1. The van der Waals surface area contributed by atoms with Crippen LogP contribution < -0.4 is 11.1 Å². The van der Waals surface area contributed by atoms with Gasteiger partial charge in [-0.2, -0.15) is 0 Å². The zero-order valence-electron chi connectivity index (χ0n) is 20.5. The molecule has 6 nitrogen and oxygen atoms in total. The van der Waals surface area contributed by atoms with E-state index in [9.17, 15) is 4.79 Å². The lowest BCUT2D eigenvalue weighted by atomic mass is 10.1. The topological polar surface area (TPSA) is 76.2 Å². The number of amides is 1. The molecule has 0 fully saturated rings. The number of nitrogens with zero attached hydrogens (tertiary/aromatic N) is 3. The fraction of sp³-hybridized carbons (Fsp3) is 0.462. The molecule has 0 atom stereocenters. The summed E-state index contributed by atoms with van der Waals surface area (Å²) in [6.45, 7) is 11.4. The third-order valence-corrected chi connectivity index (χ3v) is 6.13. The van der Waals surface area contributed by atoms with Crippen molar-refractivity contribution >= 4 is 40.3 Å². The summed E-state index contributed by atoms with van der Waals surface area (Å²) in [5.74, 6) is 1.67. The molecule has 1 amide bonds. The summed E-state index contributed by atoms with van der Waals surface area (Å²) < 4.78 is 2.14. The zero-order chi connectivity index (χ0) is 24.0. The number of imidazole rings is 1. The van der Waals surface area contributed by atoms with Crippen LogP contribution in [0.15, 0.2) is 47.4 Å². The van der Waals surface area contributed by atoms with Gasteiger partial charge in [0.25, 0.3) is 5.91 Å². The van der Waals surface area contributed by atoms with Crippen molar-refractivity contribution in [3.05, 3.63) is 48.0 Å². The number of aryl methyl sites for hydroxylation is 1. The predicted octanol–water partition coefficient (Wildman–Crippen LogP) is 5.60. The Morgan fingerprint density at radius 3 is 2.33 bits per heavy atom. The van der Waals surface area contributed by atoms with Crippen molar-refractivity contribution < 1.29 is 4.79 Å². The molecule has 0 aliphatic carbocycles. The number of benzene rings is 2. The molecule has 0 spiro atoms. The maximum absolute atomic E-state index is 13.4. The van der Waals surface area contributed by atoms with E-state index < -0.39 is 0 Å². The van der Waals surface area contributed by atoms with Gasteiger partial charge in [0.15, 0.2) is 0 Å². The van der Waals surface area contributed by atoms with E-state index in [1.807, 2.05) is 23.1 Å². The highest BCUT2D eigenvalue weighted by Gasteiger charge is 2.20. The number of thioether (sulfide) groups is 1. The van der Waals surface area contributed by atoms with Gasteiger partial charge < -0.3 is 20.5 Å². The Balaban J connectivity index is 1.96. The molecular weight excluding hydrogens is 430 g/mol. The fourth-order valence-electron chi connectivity index (χ4n) is 3.93. The number of hydrogen-bond donors (Lipinski definition) is 2. The molecule has 0 saturated carbocycles. The van der Waals surface area contributed by atoms with Gasteiger partial charge in [-0.05, 0) is 73.5 Å². The zero-order valence-corrected chi connectivity index (χ0v) is 21.3. The second-order valence-corrected chi connectivity index (χ2v) is 10.2. The SMILES string of the molecule is CSc1ccc(Nc2nc3ccc(C(=O)N(CC(C)C)CC(C)C)cc3n2CCCN)cc1. The van der Waals surface area contributed by atoms with Crippen molar-refractivity contribution in [1.82, 2.24) is 14.5 Å². The third kappa shape index (κ3) is 6.51. The second-order valence-electron chi connectivity index (χ2n) is 9.28. The highest BCUT2D eigenvalue weighted by atomic mass is 32.2. The van der Waals surface area contributed by atoms with Gasteiger partial charge >= 0.3 is 0 Å². The Morgan fingerprint density at radius 1 is 1.09 bits per heavy atom. The highest BCUT2D eigenvalue weighted by molar-refractivity contribution is 7.98. The molecular formula is C26H37N5OS. The van der Waals surface area contributed by atoms with Crippen molar-refractivity contribution in [3.8, 4) is 0 Å². The molecule has 178 valence electrons. The van der Waals surface area contributed by atoms with Crippen LogP contribution in [-0.4, -0.2) is 46.2 Å². The quantitative estimate of drug-likeness (QED) is 0.359. The lowest BCUT2D eigenvalue weighted by Gasteiger charge is -2.26. The summed E-state index contributed by atoms with van der Waals surface area (Å²) >= 11 is 1.72. The summed E-state index contributed by atoms with van der Waals surface area (Å²) in [6, 6.07) is 14.1. The normalized spacial score (nSPS) is 11.5. The first-order valence-electron chi connectivity index (χ1n) is 11.7. The van der Waals surface area contributed by atoms with Gasteiger partial charge in [0.2, 0.25) is 5.95 Å². The van der Waals surface area contributed by atoms with Gasteiger partial charge in [0, 0.05) is 35.8 Å². The number of nitrogens with two attached hydrogens (primary N) is 1. The number of anilines is 2. The van der Waals surface area contributed by atoms with Gasteiger partial charge in [-0.25, -0.2) is 4.98 Å². The van der Waals surface area contributed by atoms with Crippen molar-refractivity contribution in [1.29, 1.82) is 0 Å². The number of hydrogen-bond acceptors (Lipinski definition) is 5. The van der Waals surface area contributed by atoms with Crippen LogP contribution in [0.25, 0.3) is 11.0 Å². The number of nitrogens with one attached hydrogen (secondary N) is 1. The lowest BCUT2D eigenvalue weighted by Crippen LogP contribution is -2.37. The maximum Gasteiger partial charge on any atom is 0.253 e. The Kier molecular flexibility index (Phi) is 8.80. The summed E-state index contributed by atoms with van der Waals surface area (Å²) in [5.41, 5.74) is 9.32. The first-order valence-corrected chi connectivity index (χ1v) is 13.0. The minimum Gasteiger partial charge on any atom is -0.338 e. The fourth-order valence-corrected chi connectivity index (χ4v) is 4.34. The summed E-state index contributed by atoms with van der Waals surface area (Å²) in [7, 11) is 0. The molecule has 3 aromatic rings. The van der Waals surface area contributed by atoms with E-state index in [0.29, 0.717) is 23.9 Å². The van der Waals surface area contributed by atoms with Gasteiger partial charge in [-0.1, -0.05) is 27.7 Å². The molecule has 1 aromatic heterocycles. The smallest absolute Gasteiger partial charge is 0.253 e. The van der Waals surface area contributed by atoms with Crippen LogP contribution in [-0.2, 0) is 6.54 Å². The number of carbonyl (C=O) groups excluding carboxylic acids is 1. The van der Waals surface area contributed by atoms with Gasteiger partial charge in [0.1, 0.15) is 0 Å². The Hall–Kier alpha value is -2.51. The standard InChI is InChI=1S/C26H37N5OS/c1-18(2)16-30(17-19(3)4)25(32)20-7-12-23-24(15-20)31(14-6-13-27)26(29-23)28-21-8-10-22(33-5)11-9-21/h7-12,15,18-19H,6,13-14,16-17,27H2,1-5H3,(H,28,29). The molecule has 0 unspecified atom stereocenters. The van der Waals surface area contributed by atoms with E-state index in [1.54, 1.807) is 11.8 Å². The molecule has 1 heterocycles. The van der Waals surface area contributed by atoms with Crippen LogP contribution in [0.1, 0.15) is 44.5 Å². The molecule has 0 aliphatic rings. The monoisotopic (exact) mass is 467 g/mol. The summed E-state index contributed by atoms with van der Waals surface area (Å²) in [5, 5.41) is 3.45. The predicted molar refractivity (Wildman–Crippen MR) is 140 cm³/mol.